The van der Waals surface area contributed by atoms with Crippen molar-refractivity contribution in [2.24, 2.45) is 13.0 Å². The Bertz CT molecular complexity index is 388. The van der Waals surface area contributed by atoms with Crippen LogP contribution >= 0.6 is 15.9 Å². The number of aryl methyl sites for hydroxylation is 1. The molecule has 0 aliphatic heterocycles. The second kappa shape index (κ2) is 7.59. The fourth-order valence-electron chi connectivity index (χ4n) is 1.54. The third-order valence-corrected chi connectivity index (χ3v) is 2.84. The first-order valence-electron chi connectivity index (χ1n) is 6.18. The first-order chi connectivity index (χ1) is 8.50. The highest BCUT2D eigenvalue weighted by molar-refractivity contribution is 9.10. The van der Waals surface area contributed by atoms with Crippen molar-refractivity contribution in [2.45, 2.75) is 20.3 Å². The van der Waals surface area contributed by atoms with Crippen LogP contribution in [0.2, 0.25) is 0 Å². The maximum Gasteiger partial charge on any atom is 0.267 e. The molecule has 0 fully saturated rings. The van der Waals surface area contributed by atoms with Crippen LogP contribution in [0.15, 0.2) is 16.7 Å². The highest BCUT2D eigenvalue weighted by Gasteiger charge is 2.09. The average molecular weight is 317 g/mol. The van der Waals surface area contributed by atoms with Gasteiger partial charge in [0.25, 0.3) is 5.91 Å². The minimum Gasteiger partial charge on any atom is -0.381 e. The zero-order valence-corrected chi connectivity index (χ0v) is 12.8. The van der Waals surface area contributed by atoms with Crippen molar-refractivity contribution in [3.8, 4) is 0 Å². The molecule has 1 aromatic rings. The average Bonchev–Trinajstić information content (AvgIpc) is 2.62. The van der Waals surface area contributed by atoms with Crippen LogP contribution in [-0.4, -0.2) is 30.2 Å². The number of nitrogens with zero attached hydrogens (tertiary/aromatic N) is 1. The van der Waals surface area contributed by atoms with E-state index in [-0.39, 0.29) is 5.91 Å². The minimum atomic E-state index is -0.0490. The Morgan fingerprint density at radius 3 is 2.83 bits per heavy atom. The predicted octanol–water partition coefficient (Wildman–Crippen LogP) is 2.58. The Morgan fingerprint density at radius 1 is 1.56 bits per heavy atom. The Balaban J connectivity index is 2.20. The number of carbonyl (C=O) groups is 1. The first kappa shape index (κ1) is 15.2. The number of carbonyl (C=O) groups excluding carboxylic acids is 1. The van der Waals surface area contributed by atoms with Gasteiger partial charge < -0.3 is 14.6 Å². The number of hydrogen-bond acceptors (Lipinski definition) is 2. The first-order valence-corrected chi connectivity index (χ1v) is 6.98. The van der Waals surface area contributed by atoms with Crippen molar-refractivity contribution in [3.05, 3.63) is 22.4 Å². The molecule has 1 amide bonds. The highest BCUT2D eigenvalue weighted by Crippen LogP contribution is 2.13. The van der Waals surface area contributed by atoms with Crippen LogP contribution in [0, 0.1) is 5.92 Å². The molecule has 0 saturated heterocycles. The third kappa shape index (κ3) is 5.23. The summed E-state index contributed by atoms with van der Waals surface area (Å²) in [5.74, 6) is 0.507. The maximum absolute atomic E-state index is 11.8. The van der Waals surface area contributed by atoms with Gasteiger partial charge in [-0.05, 0) is 34.3 Å². The van der Waals surface area contributed by atoms with Crippen molar-refractivity contribution >= 4 is 21.8 Å². The quantitative estimate of drug-likeness (QED) is 0.786. The Labute approximate surface area is 117 Å². The van der Waals surface area contributed by atoms with Gasteiger partial charge in [-0.25, -0.2) is 0 Å². The summed E-state index contributed by atoms with van der Waals surface area (Å²) in [7, 11) is 1.85. The molecule has 1 N–H and O–H groups in total. The number of hydrogen-bond donors (Lipinski definition) is 1. The van der Waals surface area contributed by atoms with E-state index >= 15 is 0 Å². The lowest BCUT2D eigenvalue weighted by Crippen LogP contribution is -2.27. The molecule has 0 bridgehead atoms. The van der Waals surface area contributed by atoms with E-state index in [1.165, 1.54) is 0 Å². The Hall–Kier alpha value is -0.810. The van der Waals surface area contributed by atoms with Gasteiger partial charge in [-0.15, -0.1) is 0 Å². The molecule has 1 rings (SSSR count). The standard InChI is InChI=1S/C13H21BrN2O2/c1-10(2)9-18-6-4-5-15-13(17)12-7-11(14)8-16(12)3/h7-8,10H,4-6,9H2,1-3H3,(H,15,17). The van der Waals surface area contributed by atoms with E-state index in [0.717, 1.165) is 17.5 Å². The lowest BCUT2D eigenvalue weighted by Gasteiger charge is -2.08. The Kier molecular flexibility index (Phi) is 6.43. The summed E-state index contributed by atoms with van der Waals surface area (Å²) in [6, 6.07) is 1.81. The summed E-state index contributed by atoms with van der Waals surface area (Å²) in [4.78, 5) is 11.8. The van der Waals surface area contributed by atoms with E-state index in [4.69, 9.17) is 4.74 Å². The number of rotatable bonds is 7. The van der Waals surface area contributed by atoms with Gasteiger partial charge in [-0.1, -0.05) is 13.8 Å². The summed E-state index contributed by atoms with van der Waals surface area (Å²) in [6.07, 6.45) is 2.70. The maximum atomic E-state index is 11.8. The number of amides is 1. The fourth-order valence-corrected chi connectivity index (χ4v) is 2.06. The monoisotopic (exact) mass is 316 g/mol. The van der Waals surface area contributed by atoms with Gasteiger partial charge in [0.05, 0.1) is 0 Å². The van der Waals surface area contributed by atoms with Gasteiger partial charge in [0.15, 0.2) is 0 Å². The molecule has 4 nitrogen and oxygen atoms in total. The van der Waals surface area contributed by atoms with Gasteiger partial charge >= 0.3 is 0 Å². The minimum absolute atomic E-state index is 0.0490. The molecule has 1 aromatic heterocycles. The molecule has 0 saturated carbocycles. The van der Waals surface area contributed by atoms with E-state index < -0.39 is 0 Å². The van der Waals surface area contributed by atoms with Crippen LogP contribution < -0.4 is 5.32 Å². The molecule has 0 radical (unpaired) electrons. The fraction of sp³-hybridized carbons (Fsp3) is 0.615. The molecular formula is C13H21BrN2O2. The second-order valence-electron chi connectivity index (χ2n) is 4.73. The highest BCUT2D eigenvalue weighted by atomic mass is 79.9. The number of aromatic nitrogens is 1. The van der Waals surface area contributed by atoms with Gasteiger partial charge in [0.2, 0.25) is 0 Å². The largest absolute Gasteiger partial charge is 0.381 e. The van der Waals surface area contributed by atoms with Gasteiger partial charge in [0.1, 0.15) is 5.69 Å². The van der Waals surface area contributed by atoms with E-state index in [2.05, 4.69) is 35.1 Å². The third-order valence-electron chi connectivity index (χ3n) is 2.41. The van der Waals surface area contributed by atoms with Gasteiger partial charge in [-0.3, -0.25) is 4.79 Å². The SMILES string of the molecule is CC(C)COCCCNC(=O)c1cc(Br)cn1C. The van der Waals surface area contributed by atoms with E-state index in [1.54, 1.807) is 4.57 Å². The predicted molar refractivity (Wildman–Crippen MR) is 75.7 cm³/mol. The van der Waals surface area contributed by atoms with Crippen LogP contribution in [0.4, 0.5) is 0 Å². The van der Waals surface area contributed by atoms with Crippen molar-refractivity contribution in [2.75, 3.05) is 19.8 Å². The van der Waals surface area contributed by atoms with Gasteiger partial charge in [-0.2, -0.15) is 0 Å². The second-order valence-corrected chi connectivity index (χ2v) is 5.65. The molecule has 0 aliphatic carbocycles. The van der Waals surface area contributed by atoms with Crippen LogP contribution in [0.1, 0.15) is 30.8 Å². The van der Waals surface area contributed by atoms with E-state index in [9.17, 15) is 4.79 Å². The van der Waals surface area contributed by atoms with E-state index in [0.29, 0.717) is 24.8 Å². The number of nitrogens with one attached hydrogen (secondary N) is 1. The zero-order valence-electron chi connectivity index (χ0n) is 11.2. The molecule has 0 spiro atoms. The summed E-state index contributed by atoms with van der Waals surface area (Å²) in [5, 5.41) is 2.88. The smallest absolute Gasteiger partial charge is 0.267 e. The lowest BCUT2D eigenvalue weighted by molar-refractivity contribution is 0.0918. The molecule has 1 heterocycles. The van der Waals surface area contributed by atoms with Crippen molar-refractivity contribution in [1.82, 2.24) is 9.88 Å². The summed E-state index contributed by atoms with van der Waals surface area (Å²) in [5.41, 5.74) is 0.657. The lowest BCUT2D eigenvalue weighted by atomic mass is 10.2. The summed E-state index contributed by atoms with van der Waals surface area (Å²) >= 11 is 3.35. The normalized spacial score (nSPS) is 10.9. The topological polar surface area (TPSA) is 43.3 Å². The van der Waals surface area contributed by atoms with Crippen LogP contribution in [0.5, 0.6) is 0 Å². The van der Waals surface area contributed by atoms with Crippen LogP contribution in [-0.2, 0) is 11.8 Å². The zero-order chi connectivity index (χ0) is 13.5. The number of ether oxygens (including phenoxy) is 1. The molecule has 18 heavy (non-hydrogen) atoms. The molecule has 0 aliphatic rings. The molecule has 5 heteroatoms. The molecule has 102 valence electrons. The molecule has 0 atom stereocenters. The number of halogens is 1. The van der Waals surface area contributed by atoms with Crippen molar-refractivity contribution in [1.29, 1.82) is 0 Å². The summed E-state index contributed by atoms with van der Waals surface area (Å²) < 4.78 is 8.16. The summed E-state index contributed by atoms with van der Waals surface area (Å²) in [6.45, 7) is 6.35. The van der Waals surface area contributed by atoms with E-state index in [1.807, 2.05) is 19.3 Å². The van der Waals surface area contributed by atoms with Crippen molar-refractivity contribution in [3.63, 3.8) is 0 Å². The van der Waals surface area contributed by atoms with Crippen LogP contribution in [0.25, 0.3) is 0 Å². The van der Waals surface area contributed by atoms with Crippen LogP contribution in [0.3, 0.4) is 0 Å². The van der Waals surface area contributed by atoms with Gasteiger partial charge in [0, 0.05) is 37.5 Å². The molecule has 0 aromatic carbocycles. The molecular weight excluding hydrogens is 296 g/mol. The molecule has 0 unspecified atom stereocenters. The Morgan fingerprint density at radius 2 is 2.28 bits per heavy atom. The van der Waals surface area contributed by atoms with Crippen molar-refractivity contribution < 1.29 is 9.53 Å².